The predicted molar refractivity (Wildman–Crippen MR) is 102 cm³/mol. The summed E-state index contributed by atoms with van der Waals surface area (Å²) in [4.78, 5) is 33.0. The van der Waals surface area contributed by atoms with Gasteiger partial charge in [-0.2, -0.15) is 0 Å². The van der Waals surface area contributed by atoms with E-state index >= 15 is 0 Å². The van der Waals surface area contributed by atoms with Crippen LogP contribution in [0.3, 0.4) is 0 Å². The van der Waals surface area contributed by atoms with Crippen LogP contribution in [0, 0.1) is 12.7 Å². The molecular formula is C19H18ClFN4O3. The second kappa shape index (κ2) is 6.94. The molecule has 9 heteroatoms. The molecule has 0 bridgehead atoms. The van der Waals surface area contributed by atoms with Crippen molar-refractivity contribution in [3.8, 4) is 0 Å². The van der Waals surface area contributed by atoms with E-state index in [1.165, 1.54) is 20.8 Å². The number of carbonyl (C=O) groups is 2. The Hall–Kier alpha value is -2.87. The van der Waals surface area contributed by atoms with E-state index in [9.17, 15) is 19.1 Å². The minimum Gasteiger partial charge on any atom is -0.465 e. The topological polar surface area (TPSA) is 77.0 Å². The number of pyridine rings is 1. The van der Waals surface area contributed by atoms with E-state index < -0.39 is 17.9 Å². The molecule has 3 amide bonds. The van der Waals surface area contributed by atoms with Gasteiger partial charge in [0.15, 0.2) is 0 Å². The molecule has 146 valence electrons. The van der Waals surface area contributed by atoms with Gasteiger partial charge in [-0.3, -0.25) is 9.80 Å². The third kappa shape index (κ3) is 3.03. The molecule has 3 heterocycles. The van der Waals surface area contributed by atoms with Gasteiger partial charge in [-0.15, -0.1) is 0 Å². The molecule has 1 aromatic carbocycles. The summed E-state index contributed by atoms with van der Waals surface area (Å²) in [5.41, 5.74) is 2.16. The van der Waals surface area contributed by atoms with Gasteiger partial charge in [0.05, 0.1) is 24.0 Å². The molecule has 1 atom stereocenters. The molecule has 0 aliphatic carbocycles. The van der Waals surface area contributed by atoms with Crippen molar-refractivity contribution in [3.05, 3.63) is 52.6 Å². The number of benzene rings is 1. The molecule has 0 saturated carbocycles. The van der Waals surface area contributed by atoms with Crippen LogP contribution < -0.4 is 9.80 Å². The Morgan fingerprint density at radius 3 is 2.86 bits per heavy atom. The normalized spacial score (nSPS) is 19.2. The number of aromatic nitrogens is 1. The van der Waals surface area contributed by atoms with E-state index in [1.807, 2.05) is 0 Å². The first kappa shape index (κ1) is 18.5. The smallest absolute Gasteiger partial charge is 0.407 e. The van der Waals surface area contributed by atoms with E-state index in [0.717, 1.165) is 5.56 Å². The number of halogens is 2. The number of urea groups is 1. The van der Waals surface area contributed by atoms with E-state index in [2.05, 4.69) is 4.98 Å². The van der Waals surface area contributed by atoms with Gasteiger partial charge in [-0.25, -0.2) is 19.0 Å². The zero-order valence-corrected chi connectivity index (χ0v) is 15.9. The van der Waals surface area contributed by atoms with Crippen LogP contribution in [0.15, 0.2) is 30.5 Å². The average Bonchev–Trinajstić information content (AvgIpc) is 3.12. The van der Waals surface area contributed by atoms with E-state index in [4.69, 9.17) is 11.6 Å². The van der Waals surface area contributed by atoms with Crippen LogP contribution in [-0.2, 0) is 6.54 Å². The minimum absolute atomic E-state index is 0.159. The van der Waals surface area contributed by atoms with Gasteiger partial charge in [0, 0.05) is 24.8 Å². The first-order chi connectivity index (χ1) is 13.4. The van der Waals surface area contributed by atoms with Gasteiger partial charge in [0.2, 0.25) is 0 Å². The van der Waals surface area contributed by atoms with Crippen LogP contribution in [0.4, 0.5) is 25.4 Å². The highest BCUT2D eigenvalue weighted by Gasteiger charge is 2.41. The highest BCUT2D eigenvalue weighted by molar-refractivity contribution is 6.29. The molecule has 7 nitrogen and oxygen atoms in total. The van der Waals surface area contributed by atoms with Crippen molar-refractivity contribution in [1.29, 1.82) is 0 Å². The number of likely N-dealkylation sites (tertiary alicyclic amines) is 1. The van der Waals surface area contributed by atoms with E-state index in [1.54, 1.807) is 31.3 Å². The molecule has 0 spiro atoms. The predicted octanol–water partition coefficient (Wildman–Crippen LogP) is 3.88. The van der Waals surface area contributed by atoms with Gasteiger partial charge in [0.1, 0.15) is 11.0 Å². The monoisotopic (exact) mass is 404 g/mol. The Morgan fingerprint density at radius 1 is 1.39 bits per heavy atom. The number of hydrogen-bond acceptors (Lipinski definition) is 3. The van der Waals surface area contributed by atoms with Crippen LogP contribution in [0.2, 0.25) is 5.15 Å². The summed E-state index contributed by atoms with van der Waals surface area (Å²) in [7, 11) is 0. The zero-order valence-electron chi connectivity index (χ0n) is 15.1. The fourth-order valence-corrected chi connectivity index (χ4v) is 4.04. The fourth-order valence-electron chi connectivity index (χ4n) is 3.88. The van der Waals surface area contributed by atoms with Crippen molar-refractivity contribution in [3.63, 3.8) is 0 Å². The highest BCUT2D eigenvalue weighted by Crippen LogP contribution is 2.37. The number of para-hydroxylation sites is 1. The molecule has 2 aromatic rings. The Bertz CT molecular complexity index is 950. The maximum Gasteiger partial charge on any atom is 0.407 e. The number of fused-ring (bicyclic) bond motifs is 1. The van der Waals surface area contributed by atoms with Crippen molar-refractivity contribution < 1.29 is 19.1 Å². The number of hydrogen-bond donors (Lipinski definition) is 1. The second-order valence-electron chi connectivity index (χ2n) is 6.95. The second-order valence-corrected chi connectivity index (χ2v) is 7.34. The van der Waals surface area contributed by atoms with Crippen LogP contribution in [0.1, 0.15) is 17.5 Å². The lowest BCUT2D eigenvalue weighted by atomic mass is 10.1. The average molecular weight is 405 g/mol. The maximum absolute atomic E-state index is 14.6. The molecule has 2 aliphatic heterocycles. The van der Waals surface area contributed by atoms with Gasteiger partial charge >= 0.3 is 12.1 Å². The van der Waals surface area contributed by atoms with Gasteiger partial charge in [-0.05, 0) is 31.0 Å². The minimum atomic E-state index is -1.03. The van der Waals surface area contributed by atoms with Crippen molar-refractivity contribution in [2.24, 2.45) is 0 Å². The van der Waals surface area contributed by atoms with Gasteiger partial charge in [0.25, 0.3) is 0 Å². The number of anilines is 2. The molecule has 1 N–H and O–H groups in total. The lowest BCUT2D eigenvalue weighted by Gasteiger charge is -2.40. The van der Waals surface area contributed by atoms with Crippen LogP contribution in [-0.4, -0.2) is 46.2 Å². The molecule has 1 unspecified atom stereocenters. The molecule has 28 heavy (non-hydrogen) atoms. The van der Waals surface area contributed by atoms with E-state index in [0.29, 0.717) is 24.2 Å². The van der Waals surface area contributed by atoms with Crippen LogP contribution in [0.25, 0.3) is 0 Å². The molecule has 1 aromatic heterocycles. The summed E-state index contributed by atoms with van der Waals surface area (Å²) in [5.74, 6) is -0.489. The Morgan fingerprint density at radius 2 is 2.18 bits per heavy atom. The zero-order chi connectivity index (χ0) is 20.0. The summed E-state index contributed by atoms with van der Waals surface area (Å²) in [6.45, 7) is 2.42. The fraction of sp³-hybridized carbons (Fsp3) is 0.316. The molecular weight excluding hydrogens is 387 g/mol. The standard InChI is InChI=1S/C19H18ClFN4O3/c1-11-3-2-4-14(21)17(11)24-9-12-8-22-16(20)7-15(12)25(18(24)26)13-5-6-23(10-13)19(27)28/h2-4,7-8,13H,5-6,9-10H2,1H3,(H,27,28). The quantitative estimate of drug-likeness (QED) is 0.770. The number of amides is 3. The van der Waals surface area contributed by atoms with Crippen LogP contribution in [0.5, 0.6) is 0 Å². The van der Waals surface area contributed by atoms with Crippen molar-refractivity contribution in [1.82, 2.24) is 9.88 Å². The van der Waals surface area contributed by atoms with Gasteiger partial charge in [-0.1, -0.05) is 23.7 Å². The third-order valence-electron chi connectivity index (χ3n) is 5.21. The first-order valence-electron chi connectivity index (χ1n) is 8.85. The molecule has 1 saturated heterocycles. The molecule has 4 rings (SSSR count). The summed E-state index contributed by atoms with van der Waals surface area (Å²) in [5, 5.41) is 9.51. The maximum atomic E-state index is 14.6. The third-order valence-corrected chi connectivity index (χ3v) is 5.42. The summed E-state index contributed by atoms with van der Waals surface area (Å²) >= 11 is 6.05. The number of aryl methyl sites for hydroxylation is 1. The van der Waals surface area contributed by atoms with Crippen molar-refractivity contribution in [2.75, 3.05) is 22.9 Å². The van der Waals surface area contributed by atoms with Gasteiger partial charge < -0.3 is 10.0 Å². The van der Waals surface area contributed by atoms with Crippen LogP contribution >= 0.6 is 11.6 Å². The highest BCUT2D eigenvalue weighted by atomic mass is 35.5. The Balaban J connectivity index is 1.79. The lowest BCUT2D eigenvalue weighted by molar-refractivity contribution is 0.155. The number of carboxylic acid groups (broad SMARTS) is 1. The summed E-state index contributed by atoms with van der Waals surface area (Å²) < 4.78 is 14.6. The number of carbonyl (C=O) groups excluding carboxylic acids is 1. The number of nitrogens with zero attached hydrogens (tertiary/aromatic N) is 4. The largest absolute Gasteiger partial charge is 0.465 e. The number of rotatable bonds is 2. The van der Waals surface area contributed by atoms with Crippen molar-refractivity contribution >= 4 is 35.1 Å². The summed E-state index contributed by atoms with van der Waals surface area (Å²) in [6, 6.07) is 5.49. The SMILES string of the molecule is Cc1cccc(F)c1N1Cc2cnc(Cl)cc2N(C2CCN(C(=O)O)C2)C1=O. The molecule has 0 radical (unpaired) electrons. The Kier molecular flexibility index (Phi) is 4.58. The lowest BCUT2D eigenvalue weighted by Crippen LogP contribution is -2.53. The first-order valence-corrected chi connectivity index (χ1v) is 9.22. The summed E-state index contributed by atoms with van der Waals surface area (Å²) in [6.07, 6.45) is 1.04. The molecule has 2 aliphatic rings. The molecule has 1 fully saturated rings. The Labute approximate surface area is 165 Å². The van der Waals surface area contributed by atoms with Crippen molar-refractivity contribution in [2.45, 2.75) is 25.9 Å². The van der Waals surface area contributed by atoms with E-state index in [-0.39, 0.29) is 30.0 Å².